The van der Waals surface area contributed by atoms with Crippen molar-refractivity contribution in [2.45, 2.75) is 32.2 Å². The van der Waals surface area contributed by atoms with Crippen LogP contribution in [0.1, 0.15) is 26.2 Å². The highest BCUT2D eigenvalue weighted by atomic mass is 16.3. The molecule has 1 saturated carbocycles. The second-order valence-corrected chi connectivity index (χ2v) is 5.33. The van der Waals surface area contributed by atoms with Crippen LogP contribution < -0.4 is 15.5 Å². The van der Waals surface area contributed by atoms with Gasteiger partial charge < -0.3 is 20.6 Å². The Morgan fingerprint density at radius 2 is 1.95 bits per heavy atom. The van der Waals surface area contributed by atoms with E-state index in [2.05, 4.69) is 25.6 Å². The molecule has 20 heavy (non-hydrogen) atoms. The van der Waals surface area contributed by atoms with Crippen LogP contribution in [0.4, 0.5) is 17.8 Å². The number of aliphatic hydroxyl groups excluding tert-OH is 1. The fraction of sp³-hybridized carbons (Fsp3) is 0.769. The number of rotatable bonds is 6. The first-order chi connectivity index (χ1) is 9.63. The Hall–Kier alpha value is -1.63. The van der Waals surface area contributed by atoms with Crippen molar-refractivity contribution in [1.82, 2.24) is 15.0 Å². The molecule has 1 fully saturated rings. The molecule has 0 aliphatic heterocycles. The highest BCUT2D eigenvalue weighted by Gasteiger charge is 2.27. The molecule has 1 heterocycles. The lowest BCUT2D eigenvalue weighted by Gasteiger charge is -2.20. The SMILES string of the molecule is CCNc1nc(NC2CCCC2CO)nc(N(C)C)n1. The molecule has 1 aromatic rings. The van der Waals surface area contributed by atoms with E-state index in [4.69, 9.17) is 0 Å². The Morgan fingerprint density at radius 1 is 1.20 bits per heavy atom. The molecule has 7 nitrogen and oxygen atoms in total. The van der Waals surface area contributed by atoms with Crippen LogP contribution in [0.3, 0.4) is 0 Å². The van der Waals surface area contributed by atoms with Crippen LogP contribution in [0, 0.1) is 5.92 Å². The van der Waals surface area contributed by atoms with Crippen LogP contribution >= 0.6 is 0 Å². The standard InChI is InChI=1S/C13H24N6O/c1-4-14-11-16-12(18-13(17-11)19(2)3)15-10-7-5-6-9(10)8-20/h9-10,20H,4-8H2,1-3H3,(H2,14,15,16,17,18). The number of aromatic nitrogens is 3. The zero-order chi connectivity index (χ0) is 14.5. The second-order valence-electron chi connectivity index (χ2n) is 5.33. The van der Waals surface area contributed by atoms with Crippen LogP contribution in [0.25, 0.3) is 0 Å². The van der Waals surface area contributed by atoms with Gasteiger partial charge >= 0.3 is 0 Å². The van der Waals surface area contributed by atoms with Gasteiger partial charge in [-0.05, 0) is 19.8 Å². The van der Waals surface area contributed by atoms with Gasteiger partial charge in [0, 0.05) is 39.2 Å². The third-order valence-corrected chi connectivity index (χ3v) is 3.57. The molecule has 0 bridgehead atoms. The van der Waals surface area contributed by atoms with Crippen LogP contribution in [0.15, 0.2) is 0 Å². The van der Waals surface area contributed by atoms with E-state index in [1.54, 1.807) is 0 Å². The van der Waals surface area contributed by atoms with Gasteiger partial charge in [0.05, 0.1) is 0 Å². The summed E-state index contributed by atoms with van der Waals surface area (Å²) in [7, 11) is 3.81. The van der Waals surface area contributed by atoms with Gasteiger partial charge in [-0.2, -0.15) is 15.0 Å². The van der Waals surface area contributed by atoms with Crippen molar-refractivity contribution in [3.8, 4) is 0 Å². The molecule has 2 unspecified atom stereocenters. The minimum absolute atomic E-state index is 0.212. The number of hydrogen-bond donors (Lipinski definition) is 3. The van der Waals surface area contributed by atoms with Gasteiger partial charge in [-0.3, -0.25) is 0 Å². The molecule has 1 aromatic heterocycles. The van der Waals surface area contributed by atoms with Crippen LogP contribution in [0.5, 0.6) is 0 Å². The molecule has 0 amide bonds. The van der Waals surface area contributed by atoms with Crippen LogP contribution in [-0.2, 0) is 0 Å². The molecule has 1 aliphatic rings. The smallest absolute Gasteiger partial charge is 0.231 e. The fourth-order valence-corrected chi connectivity index (χ4v) is 2.48. The number of nitrogens with zero attached hydrogens (tertiary/aromatic N) is 4. The predicted octanol–water partition coefficient (Wildman–Crippen LogP) is 0.942. The molecule has 0 radical (unpaired) electrons. The molecule has 0 spiro atoms. The maximum Gasteiger partial charge on any atom is 0.231 e. The van der Waals surface area contributed by atoms with E-state index in [0.29, 0.717) is 17.8 Å². The van der Waals surface area contributed by atoms with Gasteiger partial charge in [0.2, 0.25) is 17.8 Å². The third kappa shape index (κ3) is 3.47. The second kappa shape index (κ2) is 6.69. The molecule has 1 aliphatic carbocycles. The van der Waals surface area contributed by atoms with E-state index in [9.17, 15) is 5.11 Å². The van der Waals surface area contributed by atoms with Gasteiger partial charge in [0.1, 0.15) is 0 Å². The summed E-state index contributed by atoms with van der Waals surface area (Å²) in [5, 5.41) is 15.8. The van der Waals surface area contributed by atoms with Crippen LogP contribution in [0.2, 0.25) is 0 Å². The van der Waals surface area contributed by atoms with E-state index in [0.717, 1.165) is 25.8 Å². The Labute approximate surface area is 119 Å². The Kier molecular flexibility index (Phi) is 4.94. The van der Waals surface area contributed by atoms with Gasteiger partial charge in [-0.25, -0.2) is 0 Å². The van der Waals surface area contributed by atoms with Crippen LogP contribution in [-0.4, -0.2) is 53.3 Å². The minimum Gasteiger partial charge on any atom is -0.396 e. The van der Waals surface area contributed by atoms with Crippen molar-refractivity contribution < 1.29 is 5.11 Å². The summed E-state index contributed by atoms with van der Waals surface area (Å²) in [5.74, 6) is 2.06. The summed E-state index contributed by atoms with van der Waals surface area (Å²) in [6.45, 7) is 2.98. The highest BCUT2D eigenvalue weighted by Crippen LogP contribution is 2.27. The number of hydrogen-bond acceptors (Lipinski definition) is 7. The molecule has 2 rings (SSSR count). The molecule has 0 aromatic carbocycles. The van der Waals surface area contributed by atoms with E-state index in [-0.39, 0.29) is 18.6 Å². The van der Waals surface area contributed by atoms with Gasteiger partial charge in [-0.1, -0.05) is 6.42 Å². The fourth-order valence-electron chi connectivity index (χ4n) is 2.48. The third-order valence-electron chi connectivity index (χ3n) is 3.57. The quantitative estimate of drug-likeness (QED) is 0.715. The Balaban J connectivity index is 2.17. The zero-order valence-corrected chi connectivity index (χ0v) is 12.4. The van der Waals surface area contributed by atoms with E-state index >= 15 is 0 Å². The maximum atomic E-state index is 9.38. The topological polar surface area (TPSA) is 86.2 Å². The minimum atomic E-state index is 0.212. The van der Waals surface area contributed by atoms with Gasteiger partial charge in [-0.15, -0.1) is 0 Å². The predicted molar refractivity (Wildman–Crippen MR) is 80.2 cm³/mol. The molecule has 2 atom stereocenters. The maximum absolute atomic E-state index is 9.38. The van der Waals surface area contributed by atoms with E-state index < -0.39 is 0 Å². The molecule has 7 heteroatoms. The highest BCUT2D eigenvalue weighted by molar-refractivity contribution is 5.43. The summed E-state index contributed by atoms with van der Waals surface area (Å²) in [6, 6.07) is 0.242. The Morgan fingerprint density at radius 3 is 2.60 bits per heavy atom. The molecule has 0 saturated heterocycles. The van der Waals surface area contributed by atoms with Crippen molar-refractivity contribution in [3.63, 3.8) is 0 Å². The number of anilines is 3. The summed E-state index contributed by atoms with van der Waals surface area (Å²) in [4.78, 5) is 15.0. The number of aliphatic hydroxyl groups is 1. The van der Waals surface area contributed by atoms with Crippen molar-refractivity contribution >= 4 is 17.8 Å². The largest absolute Gasteiger partial charge is 0.396 e. The normalized spacial score (nSPS) is 21.8. The van der Waals surface area contributed by atoms with Crippen molar-refractivity contribution in [2.75, 3.05) is 42.8 Å². The molecule has 3 N–H and O–H groups in total. The molecule has 112 valence electrons. The van der Waals surface area contributed by atoms with Gasteiger partial charge in [0.25, 0.3) is 0 Å². The van der Waals surface area contributed by atoms with Crippen molar-refractivity contribution in [3.05, 3.63) is 0 Å². The summed E-state index contributed by atoms with van der Waals surface area (Å²) >= 11 is 0. The first-order valence-corrected chi connectivity index (χ1v) is 7.18. The van der Waals surface area contributed by atoms with Crippen molar-refractivity contribution in [2.24, 2.45) is 5.92 Å². The average Bonchev–Trinajstić information content (AvgIpc) is 2.86. The van der Waals surface area contributed by atoms with Gasteiger partial charge in [0.15, 0.2) is 0 Å². The monoisotopic (exact) mass is 280 g/mol. The summed E-state index contributed by atoms with van der Waals surface area (Å²) in [6.07, 6.45) is 3.24. The summed E-state index contributed by atoms with van der Waals surface area (Å²) in [5.41, 5.74) is 0. The molecular formula is C13H24N6O. The lowest BCUT2D eigenvalue weighted by atomic mass is 10.1. The Bertz CT molecular complexity index is 439. The lowest BCUT2D eigenvalue weighted by Crippen LogP contribution is -2.28. The van der Waals surface area contributed by atoms with E-state index in [1.165, 1.54) is 0 Å². The summed E-state index contributed by atoms with van der Waals surface area (Å²) < 4.78 is 0. The van der Waals surface area contributed by atoms with E-state index in [1.807, 2.05) is 25.9 Å². The number of nitrogens with one attached hydrogen (secondary N) is 2. The first kappa shape index (κ1) is 14.8. The first-order valence-electron chi connectivity index (χ1n) is 7.18. The van der Waals surface area contributed by atoms with Crippen molar-refractivity contribution in [1.29, 1.82) is 0 Å². The average molecular weight is 280 g/mol. The zero-order valence-electron chi connectivity index (χ0n) is 12.4. The lowest BCUT2D eigenvalue weighted by molar-refractivity contribution is 0.222. The molecular weight excluding hydrogens is 256 g/mol.